The van der Waals surface area contributed by atoms with Crippen LogP contribution in [-0.4, -0.2) is 15.9 Å². The predicted octanol–water partition coefficient (Wildman–Crippen LogP) is 2.96. The van der Waals surface area contributed by atoms with E-state index in [1.807, 2.05) is 20.8 Å². The number of aromatic nitrogens is 1. The van der Waals surface area contributed by atoms with Crippen molar-refractivity contribution in [2.24, 2.45) is 5.73 Å². The van der Waals surface area contributed by atoms with Gasteiger partial charge in [-0.1, -0.05) is 6.92 Å². The summed E-state index contributed by atoms with van der Waals surface area (Å²) in [5.74, 6) is -0.0724. The van der Waals surface area contributed by atoms with Gasteiger partial charge in [-0.05, 0) is 19.9 Å². The van der Waals surface area contributed by atoms with Crippen LogP contribution in [-0.2, 0) is 0 Å². The van der Waals surface area contributed by atoms with Gasteiger partial charge in [0, 0.05) is 23.6 Å². The van der Waals surface area contributed by atoms with E-state index in [2.05, 4.69) is 4.98 Å². The molecule has 0 aliphatic heterocycles. The van der Waals surface area contributed by atoms with Crippen molar-refractivity contribution < 1.29 is 4.92 Å². The number of fused-ring (bicyclic) bond motifs is 1. The Hall–Kier alpha value is -1.53. The van der Waals surface area contributed by atoms with Crippen LogP contribution in [0.3, 0.4) is 0 Å². The molecule has 2 unspecified atom stereocenters. The second kappa shape index (κ2) is 4.62. The molecule has 2 aromatic rings. The number of thiazole rings is 1. The number of rotatable bonds is 3. The molecule has 6 heteroatoms. The summed E-state index contributed by atoms with van der Waals surface area (Å²) < 4.78 is 0.847. The molecule has 1 aromatic carbocycles. The molecule has 18 heavy (non-hydrogen) atoms. The first-order valence-electron chi connectivity index (χ1n) is 5.71. The van der Waals surface area contributed by atoms with Crippen molar-refractivity contribution in [3.8, 4) is 0 Å². The quantitative estimate of drug-likeness (QED) is 0.683. The molecule has 0 bridgehead atoms. The van der Waals surface area contributed by atoms with Crippen LogP contribution in [0.1, 0.15) is 30.3 Å². The minimum absolute atomic E-state index is 0.0724. The summed E-state index contributed by atoms with van der Waals surface area (Å²) in [5.41, 5.74) is 7.45. The van der Waals surface area contributed by atoms with E-state index in [1.165, 1.54) is 11.3 Å². The minimum atomic E-state index is -0.345. The Kier molecular flexibility index (Phi) is 3.32. The smallest absolute Gasteiger partial charge is 0.274 e. The van der Waals surface area contributed by atoms with Gasteiger partial charge in [-0.2, -0.15) is 0 Å². The fraction of sp³-hybridized carbons (Fsp3) is 0.417. The highest BCUT2D eigenvalue weighted by Gasteiger charge is 2.23. The van der Waals surface area contributed by atoms with Crippen molar-refractivity contribution >= 4 is 27.2 Å². The maximum absolute atomic E-state index is 11.1. The number of nitro groups is 1. The summed E-state index contributed by atoms with van der Waals surface area (Å²) >= 11 is 1.47. The highest BCUT2D eigenvalue weighted by Crippen LogP contribution is 2.34. The molecule has 0 radical (unpaired) electrons. The van der Waals surface area contributed by atoms with Crippen molar-refractivity contribution in [1.29, 1.82) is 0 Å². The van der Waals surface area contributed by atoms with Gasteiger partial charge >= 0.3 is 0 Å². The third kappa shape index (κ3) is 2.21. The molecule has 96 valence electrons. The molecule has 0 spiro atoms. The molecule has 0 saturated heterocycles. The van der Waals surface area contributed by atoms with E-state index in [0.717, 1.165) is 15.2 Å². The minimum Gasteiger partial charge on any atom is -0.327 e. The average molecular weight is 265 g/mol. The molecule has 2 N–H and O–H groups in total. The molecule has 2 atom stereocenters. The molecule has 5 nitrogen and oxygen atoms in total. The molecule has 0 fully saturated rings. The van der Waals surface area contributed by atoms with Crippen molar-refractivity contribution in [1.82, 2.24) is 4.98 Å². The number of hydrogen-bond acceptors (Lipinski definition) is 5. The Morgan fingerprint density at radius 2 is 2.11 bits per heavy atom. The van der Waals surface area contributed by atoms with Crippen LogP contribution in [0.25, 0.3) is 10.2 Å². The van der Waals surface area contributed by atoms with Gasteiger partial charge < -0.3 is 5.73 Å². The summed E-state index contributed by atoms with van der Waals surface area (Å²) in [6.45, 7) is 5.65. The predicted molar refractivity (Wildman–Crippen MR) is 73.1 cm³/mol. The lowest BCUT2D eigenvalue weighted by molar-refractivity contribution is -0.385. The van der Waals surface area contributed by atoms with Gasteiger partial charge in [0.05, 0.1) is 20.1 Å². The maximum Gasteiger partial charge on any atom is 0.274 e. The second-order valence-electron chi connectivity index (χ2n) is 4.52. The lowest BCUT2D eigenvalue weighted by atomic mass is 9.93. The van der Waals surface area contributed by atoms with Gasteiger partial charge in [-0.25, -0.2) is 4.98 Å². The van der Waals surface area contributed by atoms with Crippen LogP contribution in [0.4, 0.5) is 5.69 Å². The van der Waals surface area contributed by atoms with E-state index in [-0.39, 0.29) is 22.6 Å². The second-order valence-corrected chi connectivity index (χ2v) is 5.75. The largest absolute Gasteiger partial charge is 0.327 e. The summed E-state index contributed by atoms with van der Waals surface area (Å²) in [7, 11) is 0. The van der Waals surface area contributed by atoms with E-state index in [1.54, 1.807) is 12.1 Å². The molecule has 0 saturated carbocycles. The summed E-state index contributed by atoms with van der Waals surface area (Å²) in [6, 6.07) is 3.26. The summed E-state index contributed by atoms with van der Waals surface area (Å²) in [6.07, 6.45) is 0. The summed E-state index contributed by atoms with van der Waals surface area (Å²) in [4.78, 5) is 15.2. The zero-order valence-electron chi connectivity index (χ0n) is 10.5. The highest BCUT2D eigenvalue weighted by atomic mass is 32.1. The maximum atomic E-state index is 11.1. The Balaban J connectivity index is 2.68. The third-order valence-corrected chi connectivity index (χ3v) is 4.05. The van der Waals surface area contributed by atoms with Crippen LogP contribution in [0.15, 0.2) is 12.1 Å². The molecule has 2 rings (SSSR count). The van der Waals surface area contributed by atoms with E-state index in [9.17, 15) is 10.1 Å². The molecular formula is C12H15N3O2S. The monoisotopic (exact) mass is 265 g/mol. The number of aryl methyl sites for hydroxylation is 1. The van der Waals surface area contributed by atoms with Gasteiger partial charge in [0.2, 0.25) is 0 Å². The van der Waals surface area contributed by atoms with Crippen LogP contribution >= 0.6 is 11.3 Å². The standard InChI is InChI=1S/C12H15N3O2S/c1-6(7(2)13)9-4-10-12(18-8(3)14-10)5-11(9)15(16)17/h4-7H,13H2,1-3H3. The number of hydrogen-bond donors (Lipinski definition) is 1. The van der Waals surface area contributed by atoms with Gasteiger partial charge in [0.1, 0.15) is 0 Å². The van der Waals surface area contributed by atoms with E-state index in [4.69, 9.17) is 5.73 Å². The molecule has 0 aliphatic rings. The number of nitrogens with two attached hydrogens (primary N) is 1. The Labute approximate surface area is 109 Å². The van der Waals surface area contributed by atoms with E-state index >= 15 is 0 Å². The van der Waals surface area contributed by atoms with Gasteiger partial charge in [-0.15, -0.1) is 11.3 Å². The molecule has 0 amide bonds. The Bertz CT molecular complexity index is 607. The SMILES string of the molecule is Cc1nc2cc(C(C)C(C)N)c([N+](=O)[O-])cc2s1. The van der Waals surface area contributed by atoms with Crippen LogP contribution in [0.2, 0.25) is 0 Å². The third-order valence-electron chi connectivity index (χ3n) is 3.12. The van der Waals surface area contributed by atoms with Gasteiger partial charge in [0.25, 0.3) is 5.69 Å². The number of nitrogens with zero attached hydrogens (tertiary/aromatic N) is 2. The molecular weight excluding hydrogens is 250 g/mol. The number of benzene rings is 1. The zero-order chi connectivity index (χ0) is 13.4. The van der Waals surface area contributed by atoms with E-state index in [0.29, 0.717) is 5.56 Å². The first kappa shape index (κ1) is 12.9. The lowest BCUT2D eigenvalue weighted by Gasteiger charge is -2.15. The fourth-order valence-corrected chi connectivity index (χ4v) is 2.74. The van der Waals surface area contributed by atoms with Crippen molar-refractivity contribution in [2.75, 3.05) is 0 Å². The first-order valence-corrected chi connectivity index (χ1v) is 6.53. The van der Waals surface area contributed by atoms with E-state index < -0.39 is 0 Å². The van der Waals surface area contributed by atoms with Crippen molar-refractivity contribution in [2.45, 2.75) is 32.7 Å². The number of nitro benzene ring substituents is 1. The normalized spacial score (nSPS) is 14.7. The molecule has 1 heterocycles. The zero-order valence-corrected chi connectivity index (χ0v) is 11.3. The molecule has 1 aromatic heterocycles. The Morgan fingerprint density at radius 3 is 2.67 bits per heavy atom. The van der Waals surface area contributed by atoms with Gasteiger partial charge in [-0.3, -0.25) is 10.1 Å². The topological polar surface area (TPSA) is 82.0 Å². The Morgan fingerprint density at radius 1 is 1.44 bits per heavy atom. The summed E-state index contributed by atoms with van der Waals surface area (Å²) in [5, 5.41) is 12.1. The highest BCUT2D eigenvalue weighted by molar-refractivity contribution is 7.18. The van der Waals surface area contributed by atoms with Crippen molar-refractivity contribution in [3.05, 3.63) is 32.8 Å². The van der Waals surface area contributed by atoms with Crippen LogP contribution in [0.5, 0.6) is 0 Å². The average Bonchev–Trinajstić information content (AvgIpc) is 2.65. The van der Waals surface area contributed by atoms with Gasteiger partial charge in [0.15, 0.2) is 0 Å². The fourth-order valence-electron chi connectivity index (χ4n) is 1.90. The van der Waals surface area contributed by atoms with Crippen LogP contribution < -0.4 is 5.73 Å². The first-order chi connectivity index (χ1) is 8.40. The van der Waals surface area contributed by atoms with Crippen molar-refractivity contribution in [3.63, 3.8) is 0 Å². The lowest BCUT2D eigenvalue weighted by Crippen LogP contribution is -2.23. The van der Waals surface area contributed by atoms with Crippen LogP contribution in [0, 0.1) is 17.0 Å². The molecule has 0 aliphatic carbocycles.